The summed E-state index contributed by atoms with van der Waals surface area (Å²) in [5.74, 6) is -0.110. The third-order valence-electron chi connectivity index (χ3n) is 7.62. The summed E-state index contributed by atoms with van der Waals surface area (Å²) >= 11 is 6.44. The maximum Gasteiger partial charge on any atom is 0.325 e. The summed E-state index contributed by atoms with van der Waals surface area (Å²) in [7, 11) is 0. The van der Waals surface area contributed by atoms with Gasteiger partial charge in [-0.3, -0.25) is 19.4 Å². The van der Waals surface area contributed by atoms with E-state index in [2.05, 4.69) is 50.2 Å². The fraction of sp³-hybridized carbons (Fsp3) is 0.654. The van der Waals surface area contributed by atoms with Crippen molar-refractivity contribution in [1.82, 2.24) is 20.4 Å². The van der Waals surface area contributed by atoms with Crippen molar-refractivity contribution >= 4 is 29.4 Å². The monoisotopic (exact) mass is 490 g/mol. The van der Waals surface area contributed by atoms with Gasteiger partial charge in [-0.15, -0.1) is 0 Å². The molecule has 2 N–H and O–H groups in total. The number of nitrogens with zero attached hydrogens (tertiary/aromatic N) is 2. The van der Waals surface area contributed by atoms with Crippen molar-refractivity contribution in [2.75, 3.05) is 26.2 Å². The summed E-state index contributed by atoms with van der Waals surface area (Å²) in [5, 5.41) is 6.49. The molecule has 0 bridgehead atoms. The third kappa shape index (κ3) is 5.57. The number of benzene rings is 1. The number of likely N-dealkylation sites (N-methyl/N-ethyl adjacent to an activating group) is 1. The smallest absolute Gasteiger partial charge is 0.325 e. The van der Waals surface area contributed by atoms with Crippen molar-refractivity contribution in [3.8, 4) is 0 Å². The van der Waals surface area contributed by atoms with Gasteiger partial charge in [-0.1, -0.05) is 64.4 Å². The second kappa shape index (κ2) is 10.6. The molecule has 188 valence electrons. The van der Waals surface area contributed by atoms with Crippen LogP contribution in [0.2, 0.25) is 5.02 Å². The molecule has 1 heterocycles. The Hall–Kier alpha value is -2.12. The molecule has 1 atom stereocenters. The lowest BCUT2D eigenvalue weighted by Crippen LogP contribution is -2.51. The normalized spacial score (nSPS) is 24.0. The first-order valence-corrected chi connectivity index (χ1v) is 12.8. The van der Waals surface area contributed by atoms with Gasteiger partial charge in [-0.2, -0.15) is 0 Å². The molecule has 8 heteroatoms. The van der Waals surface area contributed by atoms with Crippen molar-refractivity contribution in [2.45, 2.75) is 71.9 Å². The molecule has 34 heavy (non-hydrogen) atoms. The first-order chi connectivity index (χ1) is 16.0. The van der Waals surface area contributed by atoms with Gasteiger partial charge in [0.1, 0.15) is 12.1 Å². The van der Waals surface area contributed by atoms with Crippen LogP contribution in [-0.2, 0) is 9.59 Å². The zero-order chi connectivity index (χ0) is 25.1. The van der Waals surface area contributed by atoms with E-state index in [4.69, 9.17) is 11.6 Å². The van der Waals surface area contributed by atoms with E-state index in [1.54, 1.807) is 0 Å². The summed E-state index contributed by atoms with van der Waals surface area (Å²) in [6.07, 6.45) is 3.01. The molecular weight excluding hydrogens is 452 g/mol. The first-order valence-electron chi connectivity index (χ1n) is 12.4. The molecular formula is C26H39ClN4O3. The highest BCUT2D eigenvalue weighted by atomic mass is 35.5. The molecule has 4 amide bonds. The Morgan fingerprint density at radius 1 is 1.21 bits per heavy atom. The SMILES string of the molecule is CCN(CC)C(CNC(=O)CN1C(=O)NC2(CCC(C(C)(C)C)CC2)C1=O)c1ccccc1Cl. The van der Waals surface area contributed by atoms with E-state index in [-0.39, 0.29) is 29.8 Å². The number of halogens is 1. The maximum absolute atomic E-state index is 13.2. The molecule has 2 aliphatic rings. The number of hydrogen-bond donors (Lipinski definition) is 2. The Morgan fingerprint density at radius 3 is 2.38 bits per heavy atom. The lowest BCUT2D eigenvalue weighted by atomic mass is 9.67. The van der Waals surface area contributed by atoms with Gasteiger partial charge in [0.15, 0.2) is 0 Å². The van der Waals surface area contributed by atoms with Crippen molar-refractivity contribution in [2.24, 2.45) is 11.3 Å². The topological polar surface area (TPSA) is 81.8 Å². The van der Waals surface area contributed by atoms with E-state index in [1.165, 1.54) is 0 Å². The molecule has 1 aliphatic carbocycles. The Kier molecular flexibility index (Phi) is 8.30. The van der Waals surface area contributed by atoms with E-state index in [9.17, 15) is 14.4 Å². The molecule has 2 fully saturated rings. The molecule has 1 aromatic rings. The van der Waals surface area contributed by atoms with Crippen LogP contribution in [0.4, 0.5) is 4.79 Å². The molecule has 1 unspecified atom stereocenters. The summed E-state index contributed by atoms with van der Waals surface area (Å²) in [6, 6.07) is 7.05. The Morgan fingerprint density at radius 2 is 1.82 bits per heavy atom. The van der Waals surface area contributed by atoms with Crippen LogP contribution in [0.5, 0.6) is 0 Å². The average molecular weight is 491 g/mol. The van der Waals surface area contributed by atoms with E-state index < -0.39 is 11.6 Å². The number of carbonyl (C=O) groups is 3. The van der Waals surface area contributed by atoms with Crippen LogP contribution in [0, 0.1) is 11.3 Å². The number of urea groups is 1. The molecule has 0 aromatic heterocycles. The number of hydrogen-bond acceptors (Lipinski definition) is 4. The van der Waals surface area contributed by atoms with Gasteiger partial charge in [-0.25, -0.2) is 4.79 Å². The lowest BCUT2D eigenvalue weighted by molar-refractivity contribution is -0.136. The molecule has 1 saturated heterocycles. The quantitative estimate of drug-likeness (QED) is 0.530. The molecule has 1 saturated carbocycles. The first kappa shape index (κ1) is 26.5. The fourth-order valence-corrected chi connectivity index (χ4v) is 5.65. The second-order valence-corrected chi connectivity index (χ2v) is 11.0. The van der Waals surface area contributed by atoms with Gasteiger partial charge in [0.2, 0.25) is 5.91 Å². The lowest BCUT2D eigenvalue weighted by Gasteiger charge is -2.40. The predicted molar refractivity (Wildman–Crippen MR) is 135 cm³/mol. The van der Waals surface area contributed by atoms with Gasteiger partial charge in [0.05, 0.1) is 6.04 Å². The van der Waals surface area contributed by atoms with Crippen LogP contribution in [0.1, 0.15) is 71.9 Å². The summed E-state index contributed by atoms with van der Waals surface area (Å²) in [6.45, 7) is 12.4. The number of imide groups is 1. The maximum atomic E-state index is 13.2. The van der Waals surface area contributed by atoms with Crippen molar-refractivity contribution < 1.29 is 14.4 Å². The number of nitrogens with one attached hydrogen (secondary N) is 2. The molecule has 0 radical (unpaired) electrons. The average Bonchev–Trinajstić information content (AvgIpc) is 3.01. The largest absolute Gasteiger partial charge is 0.353 e. The highest BCUT2D eigenvalue weighted by molar-refractivity contribution is 6.31. The zero-order valence-electron chi connectivity index (χ0n) is 21.1. The van der Waals surface area contributed by atoms with Crippen LogP contribution in [-0.4, -0.2) is 59.4 Å². The van der Waals surface area contributed by atoms with Gasteiger partial charge >= 0.3 is 6.03 Å². The molecule has 1 aliphatic heterocycles. The van der Waals surface area contributed by atoms with E-state index in [0.717, 1.165) is 36.4 Å². The number of amides is 4. The van der Waals surface area contributed by atoms with Crippen LogP contribution in [0.15, 0.2) is 24.3 Å². The van der Waals surface area contributed by atoms with Crippen molar-refractivity contribution in [3.05, 3.63) is 34.9 Å². The minimum Gasteiger partial charge on any atom is -0.353 e. The van der Waals surface area contributed by atoms with Gasteiger partial charge < -0.3 is 10.6 Å². The van der Waals surface area contributed by atoms with E-state index >= 15 is 0 Å². The van der Waals surface area contributed by atoms with Gasteiger partial charge in [0.25, 0.3) is 5.91 Å². The van der Waals surface area contributed by atoms with Gasteiger partial charge in [-0.05, 0) is 61.7 Å². The second-order valence-electron chi connectivity index (χ2n) is 10.6. The Balaban J connectivity index is 1.63. The number of carbonyl (C=O) groups excluding carboxylic acids is 3. The summed E-state index contributed by atoms with van der Waals surface area (Å²) in [5.41, 5.74) is 0.258. The minimum absolute atomic E-state index is 0.102. The Labute approximate surface area is 208 Å². The fourth-order valence-electron chi connectivity index (χ4n) is 5.39. The summed E-state index contributed by atoms with van der Waals surface area (Å²) < 4.78 is 0. The molecule has 1 aromatic carbocycles. The molecule has 7 nitrogen and oxygen atoms in total. The van der Waals surface area contributed by atoms with Crippen molar-refractivity contribution in [3.63, 3.8) is 0 Å². The standard InChI is InChI=1S/C26H39ClN4O3/c1-6-30(7-2)21(19-10-8-9-11-20(19)27)16-28-22(32)17-31-23(33)26(29-24(31)34)14-12-18(13-15-26)25(3,4)5/h8-11,18,21H,6-7,12-17H2,1-5H3,(H,28,32)(H,29,34). The zero-order valence-corrected chi connectivity index (χ0v) is 21.9. The van der Waals surface area contributed by atoms with Crippen LogP contribution in [0.25, 0.3) is 0 Å². The van der Waals surface area contributed by atoms with Crippen molar-refractivity contribution in [1.29, 1.82) is 0 Å². The number of rotatable bonds is 8. The van der Waals surface area contributed by atoms with E-state index in [0.29, 0.717) is 30.3 Å². The Bertz CT molecular complexity index is 902. The molecule has 3 rings (SSSR count). The highest BCUT2D eigenvalue weighted by Gasteiger charge is 2.53. The van der Waals surface area contributed by atoms with Crippen LogP contribution in [0.3, 0.4) is 0 Å². The predicted octanol–water partition coefficient (Wildman–Crippen LogP) is 4.37. The minimum atomic E-state index is -0.861. The molecule has 1 spiro atoms. The highest BCUT2D eigenvalue weighted by Crippen LogP contribution is 2.43. The van der Waals surface area contributed by atoms with E-state index in [1.807, 2.05) is 24.3 Å². The van der Waals surface area contributed by atoms with Crippen LogP contribution >= 0.6 is 11.6 Å². The van der Waals surface area contributed by atoms with Crippen LogP contribution < -0.4 is 10.6 Å². The van der Waals surface area contributed by atoms with Gasteiger partial charge in [0, 0.05) is 11.6 Å². The summed E-state index contributed by atoms with van der Waals surface area (Å²) in [4.78, 5) is 42.0. The third-order valence-corrected chi connectivity index (χ3v) is 7.97.